The van der Waals surface area contributed by atoms with Crippen LogP contribution in [0.15, 0.2) is 71.6 Å². The van der Waals surface area contributed by atoms with E-state index in [1.165, 1.54) is 48.5 Å². The monoisotopic (exact) mass is 683 g/mol. The molecule has 0 aliphatic carbocycles. The Morgan fingerprint density at radius 1 is 1.06 bits per heavy atom. The number of ether oxygens (including phenoxy) is 1. The lowest BCUT2D eigenvalue weighted by Crippen LogP contribution is -2.53. The summed E-state index contributed by atoms with van der Waals surface area (Å²) in [7, 11) is -3.47. The molecule has 3 aromatic rings. The molecule has 1 heterocycles. The van der Waals surface area contributed by atoms with Crippen molar-refractivity contribution in [2.75, 3.05) is 37.8 Å². The number of benzene rings is 3. The number of amides is 2. The van der Waals surface area contributed by atoms with Gasteiger partial charge in [0, 0.05) is 49.0 Å². The lowest BCUT2D eigenvalue weighted by Gasteiger charge is -2.33. The second-order valence-corrected chi connectivity index (χ2v) is 13.4. The molecule has 2 amide bonds. The van der Waals surface area contributed by atoms with Crippen molar-refractivity contribution in [3.8, 4) is 0 Å². The van der Waals surface area contributed by atoms with Gasteiger partial charge in [0.15, 0.2) is 9.84 Å². The van der Waals surface area contributed by atoms with Crippen molar-refractivity contribution in [1.29, 1.82) is 0 Å². The average Bonchev–Trinajstić information content (AvgIpc) is 2.99. The van der Waals surface area contributed by atoms with Gasteiger partial charge in [-0.3, -0.25) is 9.69 Å². The van der Waals surface area contributed by atoms with Crippen molar-refractivity contribution in [2.24, 2.45) is 0 Å². The average molecular weight is 684 g/mol. The van der Waals surface area contributed by atoms with Gasteiger partial charge in [-0.05, 0) is 60.4 Å². The summed E-state index contributed by atoms with van der Waals surface area (Å²) in [6, 6.07) is 15.2. The molecule has 1 saturated heterocycles. The van der Waals surface area contributed by atoms with E-state index in [0.717, 1.165) is 6.26 Å². The van der Waals surface area contributed by atoms with Crippen molar-refractivity contribution in [2.45, 2.75) is 48.4 Å². The molecule has 254 valence electrons. The van der Waals surface area contributed by atoms with E-state index in [1.54, 1.807) is 18.2 Å². The maximum absolute atomic E-state index is 15.0. The summed E-state index contributed by atoms with van der Waals surface area (Å²) < 4.78 is 96.9. The standard InChI is InChI=1S/C32H34F5N3O6S/c1-47(44,45)25-11-8-20(9-12-25)27(21-4-2-5-22(33)14-21)15-30(41)39-29-7-3-6-28(34)26(29)13-10-24-16-38-23(18-46-24)17-40(31(42)43)19-32(35,36)37/h2-9,11-12,14,23-24,27,38H,10,13,15-19H2,1H3,(H,39,41)(H,42,43)/t23-,24+,27+/m0/s1. The van der Waals surface area contributed by atoms with Gasteiger partial charge in [-0.2, -0.15) is 13.2 Å². The second kappa shape index (κ2) is 15.2. The summed E-state index contributed by atoms with van der Waals surface area (Å²) in [6.07, 6.45) is -5.52. The normalized spacial score (nSPS) is 17.6. The fourth-order valence-corrected chi connectivity index (χ4v) is 6.01. The second-order valence-electron chi connectivity index (χ2n) is 11.3. The number of hydrogen-bond donors (Lipinski definition) is 3. The number of halogens is 5. The number of rotatable bonds is 12. The highest BCUT2D eigenvalue weighted by molar-refractivity contribution is 7.90. The molecule has 0 saturated carbocycles. The highest BCUT2D eigenvalue weighted by Gasteiger charge is 2.35. The molecule has 3 aromatic carbocycles. The molecule has 47 heavy (non-hydrogen) atoms. The number of carbonyl (C=O) groups excluding carboxylic acids is 1. The van der Waals surface area contributed by atoms with E-state index in [0.29, 0.717) is 11.1 Å². The van der Waals surface area contributed by atoms with Crippen molar-refractivity contribution in [1.82, 2.24) is 10.2 Å². The van der Waals surface area contributed by atoms with Crippen LogP contribution >= 0.6 is 0 Å². The largest absolute Gasteiger partial charge is 0.465 e. The molecule has 1 aliphatic heterocycles. The summed E-state index contributed by atoms with van der Waals surface area (Å²) >= 11 is 0. The van der Waals surface area contributed by atoms with E-state index in [1.807, 2.05) is 0 Å². The molecule has 1 aliphatic rings. The molecular weight excluding hydrogens is 649 g/mol. The molecule has 0 bridgehead atoms. The lowest BCUT2D eigenvalue weighted by molar-refractivity contribution is -0.143. The Hall–Kier alpha value is -4.08. The zero-order valence-corrected chi connectivity index (χ0v) is 26.1. The van der Waals surface area contributed by atoms with Gasteiger partial charge < -0.3 is 20.5 Å². The predicted octanol–water partition coefficient (Wildman–Crippen LogP) is 5.36. The third-order valence-electron chi connectivity index (χ3n) is 7.71. The first-order chi connectivity index (χ1) is 22.1. The van der Waals surface area contributed by atoms with Gasteiger partial charge in [0.05, 0.1) is 17.6 Å². The fraction of sp³-hybridized carbons (Fsp3) is 0.375. The Morgan fingerprint density at radius 3 is 2.36 bits per heavy atom. The van der Waals surface area contributed by atoms with Crippen LogP contribution < -0.4 is 10.6 Å². The Kier molecular flexibility index (Phi) is 11.6. The van der Waals surface area contributed by atoms with Gasteiger partial charge >= 0.3 is 12.3 Å². The first kappa shape index (κ1) is 35.8. The van der Waals surface area contributed by atoms with E-state index in [-0.39, 0.29) is 53.5 Å². The van der Waals surface area contributed by atoms with Crippen LogP contribution in [0.3, 0.4) is 0 Å². The number of morpholine rings is 1. The maximum atomic E-state index is 15.0. The Balaban J connectivity index is 1.41. The summed E-state index contributed by atoms with van der Waals surface area (Å²) in [5.41, 5.74) is 1.47. The number of carbonyl (C=O) groups is 2. The van der Waals surface area contributed by atoms with Crippen molar-refractivity contribution in [3.05, 3.63) is 95.1 Å². The van der Waals surface area contributed by atoms with E-state index >= 15 is 0 Å². The molecule has 3 N–H and O–H groups in total. The van der Waals surface area contributed by atoms with Crippen LogP contribution in [0.5, 0.6) is 0 Å². The molecule has 0 radical (unpaired) electrons. The van der Waals surface area contributed by atoms with Gasteiger partial charge in [0.1, 0.15) is 18.2 Å². The highest BCUT2D eigenvalue weighted by Crippen LogP contribution is 2.31. The van der Waals surface area contributed by atoms with Crippen molar-refractivity contribution >= 4 is 27.5 Å². The molecule has 15 heteroatoms. The summed E-state index contributed by atoms with van der Waals surface area (Å²) in [4.78, 5) is 24.9. The van der Waals surface area contributed by atoms with E-state index in [9.17, 15) is 40.0 Å². The van der Waals surface area contributed by atoms with Crippen LogP contribution in [0.25, 0.3) is 0 Å². The minimum absolute atomic E-state index is 0.0558. The summed E-state index contributed by atoms with van der Waals surface area (Å²) in [6.45, 7) is -1.90. The van der Waals surface area contributed by atoms with Crippen LogP contribution in [0.2, 0.25) is 0 Å². The maximum Gasteiger partial charge on any atom is 0.407 e. The third-order valence-corrected chi connectivity index (χ3v) is 8.84. The fourth-order valence-electron chi connectivity index (χ4n) is 5.38. The van der Waals surface area contributed by atoms with Crippen LogP contribution in [0.1, 0.15) is 35.4 Å². The molecule has 0 spiro atoms. The molecule has 0 unspecified atom stereocenters. The Morgan fingerprint density at radius 2 is 1.77 bits per heavy atom. The molecule has 1 fully saturated rings. The SMILES string of the molecule is CS(=O)(=O)c1ccc([C@@H](CC(=O)Nc2cccc(F)c2CC[C@@H]2CN[C@@H](CN(CC(F)(F)F)C(=O)O)CO2)c2cccc(F)c2)cc1. The first-order valence-electron chi connectivity index (χ1n) is 14.6. The van der Waals surface area contributed by atoms with Gasteiger partial charge in [-0.25, -0.2) is 22.0 Å². The van der Waals surface area contributed by atoms with Gasteiger partial charge in [-0.1, -0.05) is 30.3 Å². The zero-order valence-electron chi connectivity index (χ0n) is 25.3. The number of sulfone groups is 1. The summed E-state index contributed by atoms with van der Waals surface area (Å²) in [5, 5.41) is 14.8. The molecule has 9 nitrogen and oxygen atoms in total. The molecular formula is C32H34F5N3O6S. The highest BCUT2D eigenvalue weighted by atomic mass is 32.2. The molecule has 4 rings (SSSR count). The van der Waals surface area contributed by atoms with Crippen molar-refractivity contribution in [3.63, 3.8) is 0 Å². The Bertz CT molecular complexity index is 1660. The Labute approximate surface area is 268 Å². The summed E-state index contributed by atoms with van der Waals surface area (Å²) in [5.74, 6) is -2.25. The quantitative estimate of drug-likeness (QED) is 0.220. The van der Waals surface area contributed by atoms with E-state index in [2.05, 4.69) is 10.6 Å². The lowest BCUT2D eigenvalue weighted by atomic mass is 9.88. The van der Waals surface area contributed by atoms with Crippen LogP contribution in [-0.2, 0) is 25.8 Å². The third kappa shape index (κ3) is 10.5. The predicted molar refractivity (Wildman–Crippen MR) is 163 cm³/mol. The van der Waals surface area contributed by atoms with Crippen LogP contribution in [-0.4, -0.2) is 81.2 Å². The number of alkyl halides is 3. The van der Waals surface area contributed by atoms with E-state index in [4.69, 9.17) is 9.84 Å². The smallest absolute Gasteiger partial charge is 0.407 e. The van der Waals surface area contributed by atoms with Gasteiger partial charge in [-0.15, -0.1) is 0 Å². The first-order valence-corrected chi connectivity index (χ1v) is 16.5. The number of anilines is 1. The number of hydrogen-bond acceptors (Lipinski definition) is 6. The minimum Gasteiger partial charge on any atom is -0.465 e. The van der Waals surface area contributed by atoms with Gasteiger partial charge in [0.25, 0.3) is 0 Å². The molecule has 0 aromatic heterocycles. The van der Waals surface area contributed by atoms with Crippen LogP contribution in [0.4, 0.5) is 32.4 Å². The number of carboxylic acid groups (broad SMARTS) is 1. The van der Waals surface area contributed by atoms with Gasteiger partial charge in [0.2, 0.25) is 5.91 Å². The molecule has 3 atom stereocenters. The number of nitrogens with one attached hydrogen (secondary N) is 2. The van der Waals surface area contributed by atoms with E-state index < -0.39 is 70.8 Å². The van der Waals surface area contributed by atoms with Crippen LogP contribution in [0, 0.1) is 11.6 Å². The topological polar surface area (TPSA) is 125 Å². The number of nitrogens with zero attached hydrogens (tertiary/aromatic N) is 1. The minimum atomic E-state index is -4.69. The van der Waals surface area contributed by atoms with Crippen molar-refractivity contribution < 1.29 is 49.8 Å². The zero-order chi connectivity index (χ0) is 34.4.